The van der Waals surface area contributed by atoms with Crippen LogP contribution < -0.4 is 4.74 Å². The Labute approximate surface area is 174 Å². The molecule has 0 atom stereocenters. The quantitative estimate of drug-likeness (QED) is 0.501. The van der Waals surface area contributed by atoms with Gasteiger partial charge in [0.1, 0.15) is 5.75 Å². The first kappa shape index (κ1) is 21.5. The number of nitrogens with zero attached hydrogens (tertiary/aromatic N) is 3. The lowest BCUT2D eigenvalue weighted by atomic mass is 10.2. The minimum absolute atomic E-state index is 0.00504. The van der Waals surface area contributed by atoms with Gasteiger partial charge in [-0.3, -0.25) is 0 Å². The highest BCUT2D eigenvalue weighted by atomic mass is 32.2. The van der Waals surface area contributed by atoms with Crippen molar-refractivity contribution in [3.05, 3.63) is 60.0 Å². The minimum Gasteiger partial charge on any atom is -0.493 e. The zero-order valence-corrected chi connectivity index (χ0v) is 17.5. The molecule has 30 heavy (non-hydrogen) atoms. The number of rotatable bonds is 8. The van der Waals surface area contributed by atoms with Crippen LogP contribution in [-0.2, 0) is 21.4 Å². The number of carbonyl (C=O) groups is 1. The monoisotopic (exact) mass is 431 g/mol. The van der Waals surface area contributed by atoms with Gasteiger partial charge in [-0.05, 0) is 37.3 Å². The zero-order valence-electron chi connectivity index (χ0n) is 16.7. The lowest BCUT2D eigenvalue weighted by Crippen LogP contribution is -2.22. The first-order valence-electron chi connectivity index (χ1n) is 9.07. The van der Waals surface area contributed by atoms with Crippen molar-refractivity contribution in [2.24, 2.45) is 0 Å². The third kappa shape index (κ3) is 4.66. The SMILES string of the molecule is CCOc1ccccc1-c1noc(COC(=O)c2cccc(S(=O)(=O)N(C)C)c2)n1. The van der Waals surface area contributed by atoms with Crippen molar-refractivity contribution in [1.82, 2.24) is 14.4 Å². The first-order chi connectivity index (χ1) is 14.3. The summed E-state index contributed by atoms with van der Waals surface area (Å²) >= 11 is 0. The fourth-order valence-electron chi connectivity index (χ4n) is 2.56. The van der Waals surface area contributed by atoms with Gasteiger partial charge in [0.15, 0.2) is 6.61 Å². The van der Waals surface area contributed by atoms with Crippen LogP contribution in [0.3, 0.4) is 0 Å². The second-order valence-corrected chi connectivity index (χ2v) is 8.48. The summed E-state index contributed by atoms with van der Waals surface area (Å²) in [4.78, 5) is 16.6. The van der Waals surface area contributed by atoms with Crippen molar-refractivity contribution in [2.45, 2.75) is 18.4 Å². The summed E-state index contributed by atoms with van der Waals surface area (Å²) in [5.41, 5.74) is 0.752. The average Bonchev–Trinajstić information content (AvgIpc) is 3.21. The summed E-state index contributed by atoms with van der Waals surface area (Å²) in [6, 6.07) is 12.9. The summed E-state index contributed by atoms with van der Waals surface area (Å²) in [6.45, 7) is 2.10. The van der Waals surface area contributed by atoms with E-state index in [4.69, 9.17) is 14.0 Å². The van der Waals surface area contributed by atoms with Gasteiger partial charge >= 0.3 is 5.97 Å². The van der Waals surface area contributed by atoms with Crippen molar-refractivity contribution in [3.8, 4) is 17.1 Å². The smallest absolute Gasteiger partial charge is 0.338 e. The Morgan fingerprint density at radius 3 is 2.63 bits per heavy atom. The summed E-state index contributed by atoms with van der Waals surface area (Å²) in [5.74, 6) is 0.314. The molecule has 0 radical (unpaired) electrons. The summed E-state index contributed by atoms with van der Waals surface area (Å²) in [5, 5.41) is 3.90. The zero-order chi connectivity index (χ0) is 21.7. The Morgan fingerprint density at radius 1 is 1.13 bits per heavy atom. The van der Waals surface area contributed by atoms with Crippen LogP contribution in [0.5, 0.6) is 5.75 Å². The van der Waals surface area contributed by atoms with E-state index < -0.39 is 16.0 Å². The third-order valence-corrected chi connectivity index (χ3v) is 5.88. The fourth-order valence-corrected chi connectivity index (χ4v) is 3.51. The third-order valence-electron chi connectivity index (χ3n) is 4.07. The number of ether oxygens (including phenoxy) is 2. The molecule has 0 spiro atoms. The van der Waals surface area contributed by atoms with E-state index in [9.17, 15) is 13.2 Å². The van der Waals surface area contributed by atoms with Gasteiger partial charge in [-0.1, -0.05) is 23.4 Å². The van der Waals surface area contributed by atoms with Crippen molar-refractivity contribution in [3.63, 3.8) is 0 Å². The van der Waals surface area contributed by atoms with Gasteiger partial charge < -0.3 is 14.0 Å². The predicted octanol–water partition coefficient (Wildman–Crippen LogP) is 2.74. The maximum atomic E-state index is 12.3. The molecule has 10 heteroatoms. The second kappa shape index (κ2) is 9.06. The Morgan fingerprint density at radius 2 is 1.90 bits per heavy atom. The second-order valence-electron chi connectivity index (χ2n) is 6.33. The number of benzene rings is 2. The van der Waals surface area contributed by atoms with Crippen LogP contribution in [0.15, 0.2) is 57.9 Å². The van der Waals surface area contributed by atoms with Crippen LogP contribution in [0, 0.1) is 0 Å². The van der Waals surface area contributed by atoms with Gasteiger partial charge in [0.05, 0.1) is 22.6 Å². The van der Waals surface area contributed by atoms with E-state index in [1.807, 2.05) is 19.1 Å². The van der Waals surface area contributed by atoms with E-state index in [-0.39, 0.29) is 23.0 Å². The van der Waals surface area contributed by atoms with Crippen molar-refractivity contribution in [2.75, 3.05) is 20.7 Å². The molecule has 3 rings (SSSR count). The van der Waals surface area contributed by atoms with Gasteiger partial charge in [0, 0.05) is 14.1 Å². The lowest BCUT2D eigenvalue weighted by molar-refractivity contribution is 0.0429. The number of carbonyl (C=O) groups excluding carboxylic acids is 1. The molecular weight excluding hydrogens is 410 g/mol. The molecule has 0 fully saturated rings. The van der Waals surface area contributed by atoms with Crippen LogP contribution in [0.1, 0.15) is 23.2 Å². The molecule has 0 saturated heterocycles. The van der Waals surface area contributed by atoms with E-state index in [1.165, 1.54) is 38.4 Å². The molecule has 2 aromatic carbocycles. The molecule has 1 aromatic heterocycles. The number of esters is 1. The number of sulfonamides is 1. The van der Waals surface area contributed by atoms with E-state index in [0.29, 0.717) is 23.7 Å². The van der Waals surface area contributed by atoms with E-state index >= 15 is 0 Å². The molecule has 0 aliphatic carbocycles. The highest BCUT2D eigenvalue weighted by molar-refractivity contribution is 7.89. The highest BCUT2D eigenvalue weighted by Crippen LogP contribution is 2.27. The fraction of sp³-hybridized carbons (Fsp3) is 0.250. The molecule has 0 saturated carbocycles. The number of para-hydroxylation sites is 1. The van der Waals surface area contributed by atoms with Gasteiger partial charge in [0.2, 0.25) is 15.8 Å². The molecule has 0 aliphatic rings. The van der Waals surface area contributed by atoms with Gasteiger partial charge in [0.25, 0.3) is 5.89 Å². The Kier molecular flexibility index (Phi) is 6.48. The van der Waals surface area contributed by atoms with Crippen molar-refractivity contribution >= 4 is 16.0 Å². The maximum Gasteiger partial charge on any atom is 0.338 e. The van der Waals surface area contributed by atoms with E-state index in [0.717, 1.165) is 4.31 Å². The largest absolute Gasteiger partial charge is 0.493 e. The molecule has 0 unspecified atom stereocenters. The van der Waals surface area contributed by atoms with E-state index in [2.05, 4.69) is 10.1 Å². The number of aromatic nitrogens is 2. The van der Waals surface area contributed by atoms with Crippen LogP contribution in [0.2, 0.25) is 0 Å². The summed E-state index contributed by atoms with van der Waals surface area (Å²) in [6.07, 6.45) is 0. The normalized spacial score (nSPS) is 11.5. The molecule has 0 aliphatic heterocycles. The predicted molar refractivity (Wildman–Crippen MR) is 107 cm³/mol. The molecular formula is C20H21N3O6S. The Hall–Kier alpha value is -3.24. The molecule has 0 N–H and O–H groups in total. The summed E-state index contributed by atoms with van der Waals surface area (Å²) in [7, 11) is -0.836. The number of hydrogen-bond acceptors (Lipinski definition) is 8. The molecule has 9 nitrogen and oxygen atoms in total. The maximum absolute atomic E-state index is 12.3. The van der Waals surface area contributed by atoms with Crippen molar-refractivity contribution < 1.29 is 27.2 Å². The molecule has 1 heterocycles. The average molecular weight is 431 g/mol. The van der Waals surface area contributed by atoms with E-state index in [1.54, 1.807) is 12.1 Å². The van der Waals surface area contributed by atoms with Gasteiger partial charge in [-0.25, -0.2) is 17.5 Å². The van der Waals surface area contributed by atoms with Crippen LogP contribution in [0.4, 0.5) is 0 Å². The summed E-state index contributed by atoms with van der Waals surface area (Å²) < 4.78 is 41.4. The Balaban J connectivity index is 1.71. The minimum atomic E-state index is -3.66. The van der Waals surface area contributed by atoms with Crippen molar-refractivity contribution in [1.29, 1.82) is 0 Å². The van der Waals surface area contributed by atoms with Crippen LogP contribution in [-0.4, -0.2) is 49.5 Å². The first-order valence-corrected chi connectivity index (χ1v) is 10.5. The topological polar surface area (TPSA) is 112 Å². The Bertz CT molecular complexity index is 1140. The van der Waals surface area contributed by atoms with Gasteiger partial charge in [-0.15, -0.1) is 0 Å². The van der Waals surface area contributed by atoms with Crippen LogP contribution >= 0.6 is 0 Å². The highest BCUT2D eigenvalue weighted by Gasteiger charge is 2.20. The lowest BCUT2D eigenvalue weighted by Gasteiger charge is -2.11. The molecule has 3 aromatic rings. The molecule has 0 amide bonds. The standard InChI is InChI=1S/C20H21N3O6S/c1-4-27-17-11-6-5-10-16(17)19-21-18(29-22-19)13-28-20(24)14-8-7-9-15(12-14)30(25,26)23(2)3/h5-12H,4,13H2,1-3H3. The number of hydrogen-bond donors (Lipinski definition) is 0. The van der Waals surface area contributed by atoms with Gasteiger partial charge in [-0.2, -0.15) is 4.98 Å². The molecule has 0 bridgehead atoms. The van der Waals surface area contributed by atoms with Crippen LogP contribution in [0.25, 0.3) is 11.4 Å². The molecule has 158 valence electrons.